The van der Waals surface area contributed by atoms with Crippen LogP contribution in [0.2, 0.25) is 0 Å². The molecule has 0 spiro atoms. The fraction of sp³-hybridized carbons (Fsp3) is 0.227. The third-order valence-corrected chi connectivity index (χ3v) is 4.36. The summed E-state index contributed by atoms with van der Waals surface area (Å²) >= 11 is 0. The molecule has 0 aromatic heterocycles. The summed E-state index contributed by atoms with van der Waals surface area (Å²) in [5, 5.41) is 5.32. The predicted octanol–water partition coefficient (Wildman–Crippen LogP) is 4.49. The number of carbonyl (C=O) groups is 1. The largest absolute Gasteiger partial charge is 0.481 e. The molecule has 3 heteroatoms. The van der Waals surface area contributed by atoms with E-state index in [1.54, 1.807) is 6.92 Å². The Bertz CT molecular complexity index is 867. The molecule has 0 unspecified atom stereocenters. The monoisotopic (exact) mass is 333 g/mol. The number of ether oxygens (including phenoxy) is 1. The lowest BCUT2D eigenvalue weighted by Gasteiger charge is -2.17. The smallest absolute Gasteiger partial charge is 0.261 e. The number of aryl methyl sites for hydroxylation is 1. The zero-order chi connectivity index (χ0) is 17.6. The van der Waals surface area contributed by atoms with Crippen LogP contribution in [0, 0.1) is 0 Å². The molecular weight excluding hydrogens is 310 g/mol. The number of nitrogens with one attached hydrogen (secondary N) is 1. The van der Waals surface area contributed by atoms with Crippen LogP contribution in [0.15, 0.2) is 66.7 Å². The number of fused-ring (bicyclic) bond motifs is 1. The molecule has 0 bridgehead atoms. The fourth-order valence-electron chi connectivity index (χ4n) is 2.93. The van der Waals surface area contributed by atoms with Gasteiger partial charge in [0.2, 0.25) is 0 Å². The molecular formula is C22H23NO2. The Balaban J connectivity index is 1.65. The lowest BCUT2D eigenvalue weighted by Crippen LogP contribution is -2.36. The molecule has 0 fully saturated rings. The molecule has 128 valence electrons. The number of para-hydroxylation sites is 1. The van der Waals surface area contributed by atoms with Gasteiger partial charge < -0.3 is 10.1 Å². The number of amides is 1. The second kappa shape index (κ2) is 7.84. The summed E-state index contributed by atoms with van der Waals surface area (Å²) in [5.41, 5.74) is 2.21. The maximum Gasteiger partial charge on any atom is 0.261 e. The zero-order valence-electron chi connectivity index (χ0n) is 14.7. The second-order valence-corrected chi connectivity index (χ2v) is 6.08. The van der Waals surface area contributed by atoms with E-state index in [2.05, 4.69) is 30.4 Å². The van der Waals surface area contributed by atoms with Crippen molar-refractivity contribution in [2.24, 2.45) is 0 Å². The number of hydrogen-bond acceptors (Lipinski definition) is 2. The second-order valence-electron chi connectivity index (χ2n) is 6.08. The molecule has 0 aliphatic carbocycles. The number of carbonyl (C=O) groups excluding carboxylic acids is 1. The minimum absolute atomic E-state index is 0.112. The summed E-state index contributed by atoms with van der Waals surface area (Å²) in [6, 6.07) is 22.2. The van der Waals surface area contributed by atoms with Crippen LogP contribution in [-0.4, -0.2) is 12.0 Å². The van der Waals surface area contributed by atoms with E-state index in [4.69, 9.17) is 4.74 Å². The quantitative estimate of drug-likeness (QED) is 0.722. The molecule has 1 N–H and O–H groups in total. The van der Waals surface area contributed by atoms with Gasteiger partial charge in [0.25, 0.3) is 5.91 Å². The van der Waals surface area contributed by atoms with Crippen LogP contribution in [0.25, 0.3) is 10.8 Å². The average Bonchev–Trinajstić information content (AvgIpc) is 2.66. The SMILES string of the molecule is CCc1ccccc1O[C@H](C)C(=O)NCc1cccc2ccccc12. The Labute approximate surface area is 148 Å². The lowest BCUT2D eigenvalue weighted by atomic mass is 10.0. The molecule has 0 aliphatic rings. The summed E-state index contributed by atoms with van der Waals surface area (Å²) in [7, 11) is 0. The van der Waals surface area contributed by atoms with E-state index < -0.39 is 6.10 Å². The molecule has 1 atom stereocenters. The lowest BCUT2D eigenvalue weighted by molar-refractivity contribution is -0.127. The van der Waals surface area contributed by atoms with Crippen molar-refractivity contribution in [1.29, 1.82) is 0 Å². The zero-order valence-corrected chi connectivity index (χ0v) is 14.7. The molecule has 0 aliphatic heterocycles. The Morgan fingerprint density at radius 2 is 1.64 bits per heavy atom. The van der Waals surface area contributed by atoms with Gasteiger partial charge in [-0.25, -0.2) is 0 Å². The first-order chi connectivity index (χ1) is 12.2. The van der Waals surface area contributed by atoms with E-state index in [0.717, 1.165) is 28.7 Å². The molecule has 3 rings (SSSR count). The van der Waals surface area contributed by atoms with Gasteiger partial charge in [0.05, 0.1) is 0 Å². The van der Waals surface area contributed by atoms with Crippen LogP contribution in [-0.2, 0) is 17.8 Å². The van der Waals surface area contributed by atoms with Gasteiger partial charge in [0.15, 0.2) is 6.10 Å². The van der Waals surface area contributed by atoms with E-state index in [1.807, 2.05) is 48.5 Å². The minimum atomic E-state index is -0.539. The summed E-state index contributed by atoms with van der Waals surface area (Å²) in [6.07, 6.45) is 0.336. The Morgan fingerprint density at radius 1 is 0.960 bits per heavy atom. The van der Waals surface area contributed by atoms with Gasteiger partial charge in [0, 0.05) is 6.54 Å². The molecule has 25 heavy (non-hydrogen) atoms. The number of hydrogen-bond donors (Lipinski definition) is 1. The minimum Gasteiger partial charge on any atom is -0.481 e. The highest BCUT2D eigenvalue weighted by molar-refractivity contribution is 5.86. The molecule has 0 saturated heterocycles. The maximum atomic E-state index is 12.4. The maximum absolute atomic E-state index is 12.4. The van der Waals surface area contributed by atoms with Crippen LogP contribution >= 0.6 is 0 Å². The standard InChI is InChI=1S/C22H23NO2/c1-3-17-9-5-7-14-21(17)25-16(2)22(24)23-15-19-12-8-11-18-10-4-6-13-20(18)19/h4-14,16H,3,15H2,1-2H3,(H,23,24)/t16-/m1/s1. The Morgan fingerprint density at radius 3 is 2.48 bits per heavy atom. The van der Waals surface area contributed by atoms with Crippen LogP contribution in [0.4, 0.5) is 0 Å². The van der Waals surface area contributed by atoms with Gasteiger partial charge in [-0.2, -0.15) is 0 Å². The molecule has 0 radical (unpaired) electrons. The van der Waals surface area contributed by atoms with Gasteiger partial charge in [-0.3, -0.25) is 4.79 Å². The molecule has 3 nitrogen and oxygen atoms in total. The number of benzene rings is 3. The van der Waals surface area contributed by atoms with Crippen molar-refractivity contribution >= 4 is 16.7 Å². The van der Waals surface area contributed by atoms with Crippen LogP contribution in [0.1, 0.15) is 25.0 Å². The molecule has 3 aromatic rings. The van der Waals surface area contributed by atoms with Crippen LogP contribution in [0.3, 0.4) is 0 Å². The van der Waals surface area contributed by atoms with Crippen molar-refractivity contribution in [2.75, 3.05) is 0 Å². The first kappa shape index (κ1) is 17.0. The molecule has 0 heterocycles. The van der Waals surface area contributed by atoms with Gasteiger partial charge in [0.1, 0.15) is 5.75 Å². The molecule has 3 aromatic carbocycles. The third-order valence-electron chi connectivity index (χ3n) is 4.36. The third kappa shape index (κ3) is 4.00. The first-order valence-corrected chi connectivity index (χ1v) is 8.68. The highest BCUT2D eigenvalue weighted by Crippen LogP contribution is 2.20. The van der Waals surface area contributed by atoms with E-state index in [-0.39, 0.29) is 5.91 Å². The van der Waals surface area contributed by atoms with Gasteiger partial charge >= 0.3 is 0 Å². The Kier molecular flexibility index (Phi) is 5.34. The van der Waals surface area contributed by atoms with Crippen LogP contribution < -0.4 is 10.1 Å². The van der Waals surface area contributed by atoms with E-state index in [1.165, 1.54) is 5.39 Å². The van der Waals surface area contributed by atoms with Crippen molar-refractivity contribution in [3.8, 4) is 5.75 Å². The highest BCUT2D eigenvalue weighted by Gasteiger charge is 2.16. The van der Waals surface area contributed by atoms with Crippen molar-refractivity contribution in [1.82, 2.24) is 5.32 Å². The van der Waals surface area contributed by atoms with Gasteiger partial charge in [-0.15, -0.1) is 0 Å². The molecule has 1 amide bonds. The van der Waals surface area contributed by atoms with Crippen molar-refractivity contribution in [2.45, 2.75) is 32.9 Å². The normalized spacial score (nSPS) is 11.9. The first-order valence-electron chi connectivity index (χ1n) is 8.68. The van der Waals surface area contributed by atoms with Crippen molar-refractivity contribution < 1.29 is 9.53 Å². The summed E-state index contributed by atoms with van der Waals surface area (Å²) in [4.78, 5) is 12.4. The van der Waals surface area contributed by atoms with Crippen LogP contribution in [0.5, 0.6) is 5.75 Å². The van der Waals surface area contributed by atoms with E-state index >= 15 is 0 Å². The van der Waals surface area contributed by atoms with E-state index in [9.17, 15) is 4.79 Å². The summed E-state index contributed by atoms with van der Waals surface area (Å²) in [6.45, 7) is 4.35. The van der Waals surface area contributed by atoms with Crippen molar-refractivity contribution in [3.05, 3.63) is 77.9 Å². The van der Waals surface area contributed by atoms with Gasteiger partial charge in [-0.05, 0) is 41.3 Å². The Hall–Kier alpha value is -2.81. The van der Waals surface area contributed by atoms with Gasteiger partial charge in [-0.1, -0.05) is 67.6 Å². The topological polar surface area (TPSA) is 38.3 Å². The summed E-state index contributed by atoms with van der Waals surface area (Å²) < 4.78 is 5.86. The van der Waals surface area contributed by atoms with Crippen molar-refractivity contribution in [3.63, 3.8) is 0 Å². The highest BCUT2D eigenvalue weighted by atomic mass is 16.5. The summed E-state index contributed by atoms with van der Waals surface area (Å²) in [5.74, 6) is 0.664. The predicted molar refractivity (Wildman–Crippen MR) is 102 cm³/mol. The average molecular weight is 333 g/mol. The number of rotatable bonds is 6. The molecule has 0 saturated carbocycles. The van der Waals surface area contributed by atoms with E-state index in [0.29, 0.717) is 6.54 Å². The fourth-order valence-corrected chi connectivity index (χ4v) is 2.93.